The van der Waals surface area contributed by atoms with Gasteiger partial charge in [-0.05, 0) is 12.1 Å². The average molecular weight is 255 g/mol. The lowest BCUT2D eigenvalue weighted by Gasteiger charge is -2.06. The molecule has 1 aliphatic rings. The summed E-state index contributed by atoms with van der Waals surface area (Å²) in [6.45, 7) is 0.971. The van der Waals surface area contributed by atoms with Gasteiger partial charge in [-0.25, -0.2) is 14.7 Å². The van der Waals surface area contributed by atoms with E-state index in [1.165, 1.54) is 16.2 Å². The summed E-state index contributed by atoms with van der Waals surface area (Å²) in [4.78, 5) is 17.3. The number of cyclic esters (lactones) is 1. The molecule has 0 aliphatic carbocycles. The zero-order valence-electron chi connectivity index (χ0n) is 8.14. The Kier molecular flexibility index (Phi) is 2.22. The van der Waals surface area contributed by atoms with Crippen LogP contribution in [0, 0.1) is 0 Å². The lowest BCUT2D eigenvalue weighted by Crippen LogP contribution is -2.22. The van der Waals surface area contributed by atoms with Crippen molar-refractivity contribution in [2.45, 2.75) is 0 Å². The number of aromatic nitrogens is 1. The average Bonchev–Trinajstić information content (AvgIpc) is 2.84. The number of benzene rings is 1. The molecule has 1 saturated heterocycles. The first kappa shape index (κ1) is 9.86. The Balaban J connectivity index is 2.11. The SMILES string of the molecule is O=C1OCCN1c1nc2c(Cl)cccc2s1. The fourth-order valence-electron chi connectivity index (χ4n) is 1.59. The van der Waals surface area contributed by atoms with Gasteiger partial charge in [0.05, 0.1) is 16.3 Å². The van der Waals surface area contributed by atoms with Gasteiger partial charge in [-0.3, -0.25) is 0 Å². The van der Waals surface area contributed by atoms with Crippen LogP contribution in [0.1, 0.15) is 0 Å². The number of amides is 1. The minimum absolute atomic E-state index is 0.338. The van der Waals surface area contributed by atoms with Crippen LogP contribution in [-0.2, 0) is 4.74 Å². The quantitative estimate of drug-likeness (QED) is 0.786. The van der Waals surface area contributed by atoms with Gasteiger partial charge in [0.2, 0.25) is 0 Å². The Bertz CT molecular complexity index is 569. The van der Waals surface area contributed by atoms with Crippen molar-refractivity contribution < 1.29 is 9.53 Å². The zero-order chi connectivity index (χ0) is 11.1. The van der Waals surface area contributed by atoms with Gasteiger partial charge in [0.1, 0.15) is 12.1 Å². The topological polar surface area (TPSA) is 42.4 Å². The summed E-state index contributed by atoms with van der Waals surface area (Å²) in [6, 6.07) is 5.59. The number of hydrogen-bond acceptors (Lipinski definition) is 4. The first-order valence-corrected chi connectivity index (χ1v) is 5.94. The number of hydrogen-bond donors (Lipinski definition) is 0. The number of thiazole rings is 1. The van der Waals surface area contributed by atoms with E-state index < -0.39 is 0 Å². The van der Waals surface area contributed by atoms with Crippen LogP contribution in [0.15, 0.2) is 18.2 Å². The third kappa shape index (κ3) is 1.44. The van der Waals surface area contributed by atoms with Crippen LogP contribution in [0.5, 0.6) is 0 Å². The maximum atomic E-state index is 11.4. The Labute approximate surface area is 100 Å². The maximum absolute atomic E-state index is 11.4. The van der Waals surface area contributed by atoms with Crippen molar-refractivity contribution in [3.05, 3.63) is 23.2 Å². The molecule has 3 rings (SSSR count). The molecule has 0 radical (unpaired) electrons. The molecule has 1 amide bonds. The van der Waals surface area contributed by atoms with E-state index >= 15 is 0 Å². The van der Waals surface area contributed by atoms with Crippen molar-refractivity contribution in [2.24, 2.45) is 0 Å². The summed E-state index contributed by atoms with van der Waals surface area (Å²) in [5.74, 6) is 0. The molecule has 0 saturated carbocycles. The largest absolute Gasteiger partial charge is 0.447 e. The zero-order valence-corrected chi connectivity index (χ0v) is 9.72. The number of carbonyl (C=O) groups is 1. The summed E-state index contributed by atoms with van der Waals surface area (Å²) < 4.78 is 5.84. The highest BCUT2D eigenvalue weighted by Gasteiger charge is 2.26. The standard InChI is InChI=1S/C10H7ClN2O2S/c11-6-2-1-3-7-8(6)12-9(16-7)13-4-5-15-10(13)14/h1-3H,4-5H2. The summed E-state index contributed by atoms with van der Waals surface area (Å²) in [6.07, 6.45) is -0.338. The van der Waals surface area contributed by atoms with Crippen molar-refractivity contribution in [1.82, 2.24) is 4.98 Å². The van der Waals surface area contributed by atoms with Gasteiger partial charge in [0.25, 0.3) is 0 Å². The number of para-hydroxylation sites is 1. The van der Waals surface area contributed by atoms with E-state index in [1.807, 2.05) is 12.1 Å². The number of rotatable bonds is 1. The lowest BCUT2D eigenvalue weighted by molar-refractivity contribution is 0.181. The van der Waals surface area contributed by atoms with Gasteiger partial charge >= 0.3 is 6.09 Å². The molecule has 0 spiro atoms. The molecule has 1 fully saturated rings. The van der Waals surface area contributed by atoms with Crippen LogP contribution >= 0.6 is 22.9 Å². The van der Waals surface area contributed by atoms with Crippen molar-refractivity contribution in [2.75, 3.05) is 18.1 Å². The smallest absolute Gasteiger partial charge is 0.416 e. The molecule has 2 aromatic rings. The van der Waals surface area contributed by atoms with Crippen LogP contribution in [0.2, 0.25) is 5.02 Å². The highest BCUT2D eigenvalue weighted by Crippen LogP contribution is 2.33. The van der Waals surface area contributed by atoms with E-state index in [4.69, 9.17) is 16.3 Å². The van der Waals surface area contributed by atoms with Gasteiger partial charge < -0.3 is 4.74 Å². The first-order valence-electron chi connectivity index (χ1n) is 4.75. The predicted octanol–water partition coefficient (Wildman–Crippen LogP) is 2.91. The molecule has 1 aromatic carbocycles. The highest BCUT2D eigenvalue weighted by atomic mass is 35.5. The van der Waals surface area contributed by atoms with Crippen molar-refractivity contribution >= 4 is 44.4 Å². The molecular formula is C10H7ClN2O2S. The van der Waals surface area contributed by atoms with Crippen LogP contribution in [-0.4, -0.2) is 24.2 Å². The Morgan fingerprint density at radius 1 is 1.50 bits per heavy atom. The normalized spacial score (nSPS) is 15.8. The maximum Gasteiger partial charge on any atom is 0.416 e. The lowest BCUT2D eigenvalue weighted by atomic mass is 10.3. The molecule has 4 nitrogen and oxygen atoms in total. The second-order valence-electron chi connectivity index (χ2n) is 3.35. The van der Waals surface area contributed by atoms with E-state index in [-0.39, 0.29) is 6.09 Å². The third-order valence-electron chi connectivity index (χ3n) is 2.35. The van der Waals surface area contributed by atoms with Crippen LogP contribution < -0.4 is 4.90 Å². The van der Waals surface area contributed by atoms with Gasteiger partial charge in [-0.15, -0.1) is 0 Å². The van der Waals surface area contributed by atoms with E-state index in [9.17, 15) is 4.79 Å². The number of anilines is 1. The van der Waals surface area contributed by atoms with E-state index in [1.54, 1.807) is 6.07 Å². The number of nitrogens with zero attached hydrogens (tertiary/aromatic N) is 2. The number of fused-ring (bicyclic) bond motifs is 1. The van der Waals surface area contributed by atoms with Crippen LogP contribution in [0.25, 0.3) is 10.2 Å². The molecule has 16 heavy (non-hydrogen) atoms. The first-order chi connectivity index (χ1) is 7.75. The van der Waals surface area contributed by atoms with Gasteiger partial charge in [0, 0.05) is 0 Å². The van der Waals surface area contributed by atoms with Crippen molar-refractivity contribution in [3.8, 4) is 0 Å². The van der Waals surface area contributed by atoms with E-state index in [2.05, 4.69) is 4.98 Å². The van der Waals surface area contributed by atoms with Crippen molar-refractivity contribution in [1.29, 1.82) is 0 Å². The molecule has 0 N–H and O–H groups in total. The summed E-state index contributed by atoms with van der Waals surface area (Å²) >= 11 is 7.46. The summed E-state index contributed by atoms with van der Waals surface area (Å²) in [5.41, 5.74) is 0.740. The van der Waals surface area contributed by atoms with Gasteiger partial charge in [0.15, 0.2) is 5.13 Å². The number of ether oxygens (including phenoxy) is 1. The molecule has 0 atom stereocenters. The Morgan fingerprint density at radius 2 is 2.38 bits per heavy atom. The van der Waals surface area contributed by atoms with Gasteiger partial charge in [-0.1, -0.05) is 29.0 Å². The van der Waals surface area contributed by atoms with Crippen LogP contribution in [0.3, 0.4) is 0 Å². The van der Waals surface area contributed by atoms with Crippen LogP contribution in [0.4, 0.5) is 9.93 Å². The number of carbonyl (C=O) groups excluding carboxylic acids is 1. The van der Waals surface area contributed by atoms with E-state index in [0.717, 1.165) is 10.2 Å². The van der Waals surface area contributed by atoms with Gasteiger partial charge in [-0.2, -0.15) is 0 Å². The van der Waals surface area contributed by atoms with E-state index in [0.29, 0.717) is 23.3 Å². The summed E-state index contributed by atoms with van der Waals surface area (Å²) in [5, 5.41) is 1.25. The molecule has 2 heterocycles. The minimum Gasteiger partial charge on any atom is -0.447 e. The fourth-order valence-corrected chi connectivity index (χ4v) is 2.87. The molecule has 1 aliphatic heterocycles. The molecule has 1 aromatic heterocycles. The predicted molar refractivity (Wildman–Crippen MR) is 63.3 cm³/mol. The Morgan fingerprint density at radius 3 is 3.06 bits per heavy atom. The highest BCUT2D eigenvalue weighted by molar-refractivity contribution is 7.22. The minimum atomic E-state index is -0.338. The second kappa shape index (κ2) is 3.61. The molecule has 82 valence electrons. The second-order valence-corrected chi connectivity index (χ2v) is 4.77. The van der Waals surface area contributed by atoms with Crippen molar-refractivity contribution in [3.63, 3.8) is 0 Å². The number of halogens is 1. The monoisotopic (exact) mass is 254 g/mol. The molecule has 0 bridgehead atoms. The molecule has 6 heteroatoms. The third-order valence-corrected chi connectivity index (χ3v) is 3.70. The summed E-state index contributed by atoms with van der Waals surface area (Å²) in [7, 11) is 0. The fraction of sp³-hybridized carbons (Fsp3) is 0.200. The molecular weight excluding hydrogens is 248 g/mol. The Hall–Kier alpha value is -1.33. The molecule has 0 unspecified atom stereocenters.